The SMILES string of the molecule is CC(O)C(=O)[O-].CC(O)C(=O)[O-].CC(O)C(=O)[O-].CC(O)C(=O)[O-].[Hf+4]. The minimum absolute atomic E-state index is 0. The van der Waals surface area contributed by atoms with Crippen molar-refractivity contribution in [3.05, 3.63) is 0 Å². The van der Waals surface area contributed by atoms with Crippen molar-refractivity contribution in [1.82, 2.24) is 0 Å². The molecule has 0 aromatic heterocycles. The average Bonchev–Trinajstić information content (AvgIpc) is 2.40. The molecule has 4 atom stereocenters. The van der Waals surface area contributed by atoms with Gasteiger partial charge in [0.2, 0.25) is 0 Å². The van der Waals surface area contributed by atoms with Gasteiger partial charge in [0, 0.05) is 0 Å². The average molecular weight is 535 g/mol. The predicted octanol–water partition coefficient (Wildman–Crippen LogP) is -7.53. The Morgan fingerprint density at radius 1 is 0.520 bits per heavy atom. The summed E-state index contributed by atoms with van der Waals surface area (Å²) < 4.78 is 0. The minimum Gasteiger partial charge on any atom is -0.547 e. The van der Waals surface area contributed by atoms with Gasteiger partial charge in [0.1, 0.15) is 0 Å². The van der Waals surface area contributed by atoms with E-state index in [1.165, 1.54) is 0 Å². The van der Waals surface area contributed by atoms with E-state index in [4.69, 9.17) is 20.4 Å². The molecule has 13 heteroatoms. The Balaban J connectivity index is -0.0000000702. The van der Waals surface area contributed by atoms with Gasteiger partial charge in [-0.1, -0.05) is 0 Å². The summed E-state index contributed by atoms with van der Waals surface area (Å²) in [5, 5.41) is 69.2. The fourth-order valence-corrected chi connectivity index (χ4v) is 0. The maximum absolute atomic E-state index is 9.34. The first-order valence-corrected chi connectivity index (χ1v) is 6.13. The molecule has 0 aliphatic heterocycles. The third-order valence-electron chi connectivity index (χ3n) is 1.36. The zero-order chi connectivity index (χ0) is 20.6. The molecule has 0 aliphatic rings. The number of carboxylic acid groups (broad SMARTS) is 4. The zero-order valence-corrected chi connectivity index (χ0v) is 17.5. The first-order chi connectivity index (χ1) is 10.6. The maximum atomic E-state index is 9.34. The van der Waals surface area contributed by atoms with Gasteiger partial charge in [-0.3, -0.25) is 0 Å². The van der Waals surface area contributed by atoms with Gasteiger partial charge in [0.25, 0.3) is 0 Å². The van der Waals surface area contributed by atoms with E-state index >= 15 is 0 Å². The van der Waals surface area contributed by atoms with Crippen LogP contribution in [0.4, 0.5) is 0 Å². The third-order valence-corrected chi connectivity index (χ3v) is 1.36. The monoisotopic (exact) mass is 536 g/mol. The molecule has 4 N–H and O–H groups in total. The molecule has 25 heavy (non-hydrogen) atoms. The molecule has 0 amide bonds. The molecule has 12 nitrogen and oxygen atoms in total. The molecule has 0 fully saturated rings. The maximum Gasteiger partial charge on any atom is 4.00 e. The number of aliphatic hydroxyl groups is 4. The molecule has 0 aromatic carbocycles. The van der Waals surface area contributed by atoms with E-state index in [1.807, 2.05) is 0 Å². The van der Waals surface area contributed by atoms with Crippen molar-refractivity contribution in [2.24, 2.45) is 0 Å². The van der Waals surface area contributed by atoms with Crippen molar-refractivity contribution >= 4 is 23.9 Å². The number of hydrogen-bond donors (Lipinski definition) is 4. The Labute approximate surface area is 162 Å². The van der Waals surface area contributed by atoms with E-state index in [0.717, 1.165) is 27.7 Å². The summed E-state index contributed by atoms with van der Waals surface area (Å²) in [4.78, 5) is 37.4. The van der Waals surface area contributed by atoms with Crippen LogP contribution in [0.15, 0.2) is 0 Å². The van der Waals surface area contributed by atoms with Crippen LogP contribution in [-0.2, 0) is 45.0 Å². The van der Waals surface area contributed by atoms with Crippen molar-refractivity contribution < 1.29 is 85.9 Å². The molecule has 0 rings (SSSR count). The summed E-state index contributed by atoms with van der Waals surface area (Å²) in [6.45, 7) is 4.54. The third kappa shape index (κ3) is 45.0. The van der Waals surface area contributed by atoms with E-state index in [2.05, 4.69) is 0 Å². The normalized spacial score (nSPS) is 13.1. The Kier molecular flexibility index (Phi) is 28.8. The van der Waals surface area contributed by atoms with E-state index < -0.39 is 48.3 Å². The van der Waals surface area contributed by atoms with Gasteiger partial charge in [-0.2, -0.15) is 0 Å². The van der Waals surface area contributed by atoms with Crippen LogP contribution in [0, 0.1) is 0 Å². The summed E-state index contributed by atoms with van der Waals surface area (Å²) in [7, 11) is 0. The van der Waals surface area contributed by atoms with Crippen LogP contribution in [0.5, 0.6) is 0 Å². The van der Waals surface area contributed by atoms with Crippen molar-refractivity contribution in [1.29, 1.82) is 0 Å². The molecule has 0 radical (unpaired) electrons. The topological polar surface area (TPSA) is 241 Å². The van der Waals surface area contributed by atoms with Crippen LogP contribution >= 0.6 is 0 Å². The molecule has 0 spiro atoms. The largest absolute Gasteiger partial charge is 4.00 e. The second-order valence-electron chi connectivity index (χ2n) is 3.98. The quantitative estimate of drug-likeness (QED) is 0.246. The predicted molar refractivity (Wildman–Crippen MR) is 66.8 cm³/mol. The Bertz CT molecular complexity index is 306. The first kappa shape index (κ1) is 34.8. The summed E-state index contributed by atoms with van der Waals surface area (Å²) in [6, 6.07) is 0. The molecule has 0 saturated carbocycles. The fourth-order valence-electron chi connectivity index (χ4n) is 0. The van der Waals surface area contributed by atoms with Gasteiger partial charge in [0.05, 0.1) is 48.3 Å². The van der Waals surface area contributed by atoms with Crippen molar-refractivity contribution in [3.8, 4) is 0 Å². The van der Waals surface area contributed by atoms with Crippen molar-refractivity contribution in [3.63, 3.8) is 0 Å². The smallest absolute Gasteiger partial charge is 0.547 e. The second-order valence-corrected chi connectivity index (χ2v) is 3.98. The fraction of sp³-hybridized carbons (Fsp3) is 0.667. The van der Waals surface area contributed by atoms with Crippen LogP contribution < -0.4 is 20.4 Å². The number of rotatable bonds is 4. The van der Waals surface area contributed by atoms with E-state index in [-0.39, 0.29) is 25.8 Å². The molecule has 0 aliphatic carbocycles. The van der Waals surface area contributed by atoms with Gasteiger partial charge in [0.15, 0.2) is 0 Å². The van der Waals surface area contributed by atoms with Crippen molar-refractivity contribution in [2.75, 3.05) is 0 Å². The summed E-state index contributed by atoms with van der Waals surface area (Å²) in [5.74, 6) is -5.74. The number of carbonyl (C=O) groups excluding carboxylic acids is 4. The van der Waals surface area contributed by atoms with Gasteiger partial charge in [-0.05, 0) is 27.7 Å². The Hall–Kier alpha value is -1.41. The molecule has 0 bridgehead atoms. The molecule has 0 aromatic rings. The summed E-state index contributed by atoms with van der Waals surface area (Å²) >= 11 is 0. The van der Waals surface area contributed by atoms with Crippen LogP contribution in [0.25, 0.3) is 0 Å². The van der Waals surface area contributed by atoms with E-state index in [1.54, 1.807) is 0 Å². The summed E-state index contributed by atoms with van der Waals surface area (Å²) in [5.41, 5.74) is 0. The van der Waals surface area contributed by atoms with Crippen LogP contribution in [0.2, 0.25) is 0 Å². The molecular formula is C12H20HfO12. The number of hydrogen-bond acceptors (Lipinski definition) is 12. The van der Waals surface area contributed by atoms with E-state index in [0.29, 0.717) is 0 Å². The minimum atomic E-state index is -1.44. The molecule has 144 valence electrons. The van der Waals surface area contributed by atoms with Crippen LogP contribution in [-0.4, -0.2) is 68.7 Å². The number of carbonyl (C=O) groups is 4. The van der Waals surface area contributed by atoms with Crippen molar-refractivity contribution in [2.45, 2.75) is 52.1 Å². The molecule has 0 heterocycles. The molecule has 4 unspecified atom stereocenters. The first-order valence-electron chi connectivity index (χ1n) is 6.13. The van der Waals surface area contributed by atoms with Gasteiger partial charge >= 0.3 is 25.8 Å². The number of aliphatic hydroxyl groups excluding tert-OH is 4. The van der Waals surface area contributed by atoms with Gasteiger partial charge in [-0.25, -0.2) is 0 Å². The Morgan fingerprint density at radius 3 is 0.560 bits per heavy atom. The summed E-state index contributed by atoms with van der Waals surface area (Å²) in [6.07, 6.45) is -5.37. The zero-order valence-electron chi connectivity index (χ0n) is 13.9. The Morgan fingerprint density at radius 2 is 0.560 bits per heavy atom. The number of aliphatic carboxylic acids is 4. The van der Waals surface area contributed by atoms with E-state index in [9.17, 15) is 39.6 Å². The van der Waals surface area contributed by atoms with Gasteiger partial charge in [-0.15, -0.1) is 0 Å². The second kappa shape index (κ2) is 20.6. The van der Waals surface area contributed by atoms with Crippen LogP contribution in [0.1, 0.15) is 27.7 Å². The molecule has 0 saturated heterocycles. The van der Waals surface area contributed by atoms with Crippen LogP contribution in [0.3, 0.4) is 0 Å². The molecular weight excluding hydrogens is 515 g/mol. The van der Waals surface area contributed by atoms with Gasteiger partial charge < -0.3 is 60.0 Å². The number of carboxylic acids is 4. The standard InChI is InChI=1S/4C3H6O3.Hf/c4*1-2(4)3(5)6;/h4*2,4H,1H3,(H,5,6);/q;;;;+4/p-4.